The summed E-state index contributed by atoms with van der Waals surface area (Å²) < 4.78 is 22.6. The van der Waals surface area contributed by atoms with Crippen LogP contribution >= 0.6 is 0 Å². The number of furan rings is 1. The van der Waals surface area contributed by atoms with E-state index in [0.29, 0.717) is 11.1 Å². The van der Waals surface area contributed by atoms with Crippen molar-refractivity contribution < 1.29 is 18.3 Å². The molecule has 0 aliphatic carbocycles. The van der Waals surface area contributed by atoms with Crippen molar-refractivity contribution in [2.75, 3.05) is 7.11 Å². The molecule has 0 saturated heterocycles. The molecule has 1 aromatic heterocycles. The van der Waals surface area contributed by atoms with E-state index >= 15 is 0 Å². The van der Waals surface area contributed by atoms with Crippen molar-refractivity contribution in [3.05, 3.63) is 48.2 Å². The van der Waals surface area contributed by atoms with Crippen LogP contribution in [0.1, 0.15) is 10.4 Å². The highest BCUT2D eigenvalue weighted by atomic mass is 19.1. The zero-order valence-electron chi connectivity index (χ0n) is 8.57. The maximum absolute atomic E-state index is 13.0. The number of carbonyl (C=O) groups is 1. The number of ether oxygens (including phenoxy) is 1. The average Bonchev–Trinajstić information content (AvgIpc) is 2.77. The van der Waals surface area contributed by atoms with Crippen molar-refractivity contribution in [1.82, 2.24) is 0 Å². The lowest BCUT2D eigenvalue weighted by atomic mass is 10.0. The molecular formula is C12H9FO3. The molecule has 0 spiro atoms. The van der Waals surface area contributed by atoms with Gasteiger partial charge in [0.15, 0.2) is 0 Å². The zero-order valence-corrected chi connectivity index (χ0v) is 8.57. The SMILES string of the molecule is COC(=O)c1cocc1-c1cccc(F)c1. The molecule has 4 heteroatoms. The Labute approximate surface area is 91.5 Å². The standard InChI is InChI=1S/C12H9FO3/c1-15-12(14)11-7-16-6-10(11)8-3-2-4-9(13)5-8/h2-7H,1H3. The summed E-state index contributed by atoms with van der Waals surface area (Å²) in [5.41, 5.74) is 1.38. The van der Waals surface area contributed by atoms with Crippen LogP contribution in [-0.2, 0) is 4.74 Å². The van der Waals surface area contributed by atoms with Crippen molar-refractivity contribution in [3.63, 3.8) is 0 Å². The summed E-state index contributed by atoms with van der Waals surface area (Å²) in [6.45, 7) is 0. The molecule has 0 bridgehead atoms. The largest absolute Gasteiger partial charge is 0.471 e. The summed E-state index contributed by atoms with van der Waals surface area (Å²) in [4.78, 5) is 11.4. The van der Waals surface area contributed by atoms with Crippen molar-refractivity contribution in [1.29, 1.82) is 0 Å². The Kier molecular flexibility index (Phi) is 2.72. The van der Waals surface area contributed by atoms with E-state index in [1.807, 2.05) is 0 Å². The maximum atomic E-state index is 13.0. The predicted octanol–water partition coefficient (Wildman–Crippen LogP) is 2.87. The first-order valence-corrected chi connectivity index (χ1v) is 4.63. The lowest BCUT2D eigenvalue weighted by Crippen LogP contribution is -2.00. The summed E-state index contributed by atoms with van der Waals surface area (Å²) in [6, 6.07) is 5.93. The second-order valence-electron chi connectivity index (χ2n) is 3.20. The number of benzene rings is 1. The lowest BCUT2D eigenvalue weighted by molar-refractivity contribution is 0.0600. The van der Waals surface area contributed by atoms with Crippen LogP contribution in [0.3, 0.4) is 0 Å². The molecule has 0 aliphatic rings. The van der Waals surface area contributed by atoms with Crippen molar-refractivity contribution in [2.45, 2.75) is 0 Å². The fourth-order valence-electron chi connectivity index (χ4n) is 1.44. The van der Waals surface area contributed by atoms with Crippen LogP contribution < -0.4 is 0 Å². The highest BCUT2D eigenvalue weighted by Gasteiger charge is 2.15. The number of hydrogen-bond acceptors (Lipinski definition) is 3. The van der Waals surface area contributed by atoms with Crippen LogP contribution in [0, 0.1) is 5.82 Å². The number of rotatable bonds is 2. The maximum Gasteiger partial charge on any atom is 0.341 e. The van der Waals surface area contributed by atoms with E-state index < -0.39 is 5.97 Å². The molecule has 0 atom stereocenters. The van der Waals surface area contributed by atoms with Crippen LogP contribution in [0.15, 0.2) is 41.2 Å². The molecule has 2 rings (SSSR count). The Hall–Kier alpha value is -2.10. The van der Waals surface area contributed by atoms with E-state index in [9.17, 15) is 9.18 Å². The van der Waals surface area contributed by atoms with Crippen LogP contribution in [0.5, 0.6) is 0 Å². The van der Waals surface area contributed by atoms with E-state index in [-0.39, 0.29) is 11.4 Å². The third-order valence-corrected chi connectivity index (χ3v) is 2.20. The monoisotopic (exact) mass is 220 g/mol. The highest BCUT2D eigenvalue weighted by Crippen LogP contribution is 2.25. The molecular weight excluding hydrogens is 211 g/mol. The van der Waals surface area contributed by atoms with Crippen LogP contribution in [-0.4, -0.2) is 13.1 Å². The number of carbonyl (C=O) groups excluding carboxylic acids is 1. The number of methoxy groups -OCH3 is 1. The minimum absolute atomic E-state index is 0.285. The molecule has 2 aromatic rings. The van der Waals surface area contributed by atoms with E-state index in [4.69, 9.17) is 4.42 Å². The molecule has 3 nitrogen and oxygen atoms in total. The van der Waals surface area contributed by atoms with Gasteiger partial charge in [0.1, 0.15) is 17.6 Å². The van der Waals surface area contributed by atoms with Gasteiger partial charge in [0.2, 0.25) is 0 Å². The van der Waals surface area contributed by atoms with Gasteiger partial charge in [-0.2, -0.15) is 0 Å². The van der Waals surface area contributed by atoms with Crippen molar-refractivity contribution in [2.24, 2.45) is 0 Å². The van der Waals surface area contributed by atoms with Gasteiger partial charge in [0, 0.05) is 5.56 Å². The summed E-state index contributed by atoms with van der Waals surface area (Å²) in [5, 5.41) is 0. The quantitative estimate of drug-likeness (QED) is 0.730. The topological polar surface area (TPSA) is 39.4 Å². The molecule has 0 saturated carbocycles. The summed E-state index contributed by atoms with van der Waals surface area (Å²) in [5.74, 6) is -0.873. The van der Waals surface area contributed by atoms with Gasteiger partial charge < -0.3 is 9.15 Å². The molecule has 16 heavy (non-hydrogen) atoms. The first-order valence-electron chi connectivity index (χ1n) is 4.63. The predicted molar refractivity (Wildman–Crippen MR) is 55.4 cm³/mol. The summed E-state index contributed by atoms with van der Waals surface area (Å²) in [6.07, 6.45) is 2.67. The fourth-order valence-corrected chi connectivity index (χ4v) is 1.44. The molecule has 1 aromatic carbocycles. The highest BCUT2D eigenvalue weighted by molar-refractivity contribution is 5.96. The van der Waals surface area contributed by atoms with Gasteiger partial charge in [-0.15, -0.1) is 0 Å². The second kappa shape index (κ2) is 4.18. The van der Waals surface area contributed by atoms with E-state index in [1.54, 1.807) is 12.1 Å². The molecule has 0 radical (unpaired) electrons. The third kappa shape index (κ3) is 1.82. The van der Waals surface area contributed by atoms with E-state index in [2.05, 4.69) is 4.74 Å². The molecule has 82 valence electrons. The molecule has 0 unspecified atom stereocenters. The van der Waals surface area contributed by atoms with Crippen LogP contribution in [0.25, 0.3) is 11.1 Å². The van der Waals surface area contributed by atoms with Crippen LogP contribution in [0.2, 0.25) is 0 Å². The third-order valence-electron chi connectivity index (χ3n) is 2.20. The Morgan fingerprint density at radius 1 is 1.38 bits per heavy atom. The first-order chi connectivity index (χ1) is 7.72. The van der Waals surface area contributed by atoms with Crippen molar-refractivity contribution >= 4 is 5.97 Å². The second-order valence-corrected chi connectivity index (χ2v) is 3.20. The Balaban J connectivity index is 2.48. The number of hydrogen-bond donors (Lipinski definition) is 0. The van der Waals surface area contributed by atoms with Gasteiger partial charge >= 0.3 is 5.97 Å². The molecule has 0 fully saturated rings. The minimum Gasteiger partial charge on any atom is -0.471 e. The van der Waals surface area contributed by atoms with Crippen LogP contribution in [0.4, 0.5) is 4.39 Å². The molecule has 0 N–H and O–H groups in total. The Bertz CT molecular complexity index is 516. The van der Waals surface area contributed by atoms with Gasteiger partial charge in [0.05, 0.1) is 13.4 Å². The lowest BCUT2D eigenvalue weighted by Gasteiger charge is -2.01. The van der Waals surface area contributed by atoms with Crippen molar-refractivity contribution in [3.8, 4) is 11.1 Å². The Morgan fingerprint density at radius 2 is 2.19 bits per heavy atom. The van der Waals surface area contributed by atoms with E-state index in [0.717, 1.165) is 0 Å². The fraction of sp³-hybridized carbons (Fsp3) is 0.0833. The van der Waals surface area contributed by atoms with Gasteiger partial charge in [-0.1, -0.05) is 12.1 Å². The van der Waals surface area contributed by atoms with Gasteiger partial charge in [-0.3, -0.25) is 0 Å². The number of esters is 1. The smallest absolute Gasteiger partial charge is 0.341 e. The summed E-state index contributed by atoms with van der Waals surface area (Å²) in [7, 11) is 1.28. The number of halogens is 1. The zero-order chi connectivity index (χ0) is 11.5. The molecule has 0 aliphatic heterocycles. The molecule has 0 amide bonds. The molecule has 1 heterocycles. The average molecular weight is 220 g/mol. The summed E-state index contributed by atoms with van der Waals surface area (Å²) >= 11 is 0. The van der Waals surface area contributed by atoms with Gasteiger partial charge in [-0.25, -0.2) is 9.18 Å². The first kappa shape index (κ1) is 10.4. The normalized spacial score (nSPS) is 10.1. The van der Waals surface area contributed by atoms with Gasteiger partial charge in [0.25, 0.3) is 0 Å². The minimum atomic E-state index is -0.506. The van der Waals surface area contributed by atoms with Gasteiger partial charge in [-0.05, 0) is 17.7 Å². The Morgan fingerprint density at radius 3 is 2.88 bits per heavy atom. The van der Waals surface area contributed by atoms with E-state index in [1.165, 1.54) is 31.8 Å².